The fraction of sp³-hybridized carbons (Fsp3) is 0.103. The molecule has 0 spiro atoms. The number of nitrogens with zero attached hydrogens (tertiary/aromatic N) is 2. The number of aryl methyl sites for hydroxylation is 2. The van der Waals surface area contributed by atoms with E-state index in [2.05, 4.69) is 0 Å². The molecule has 0 N–H and O–H groups in total. The Bertz CT molecular complexity index is 1600. The third-order valence-electron chi connectivity index (χ3n) is 7.08. The Morgan fingerprint density at radius 1 is 0.489 bits per heavy atom. The van der Waals surface area contributed by atoms with Gasteiger partial charge in [-0.1, -0.05) is 36.4 Å². The Morgan fingerprint density at radius 3 is 1.09 bits per heavy atom. The molecule has 0 heterocycles. The van der Waals surface area contributed by atoms with E-state index in [1.165, 1.54) is 58.3 Å². The normalized spacial score (nSPS) is 11.8. The van der Waals surface area contributed by atoms with E-state index in [9.17, 15) is 38.3 Å². The zero-order chi connectivity index (χ0) is 29.4. The van der Waals surface area contributed by atoms with Gasteiger partial charge in [-0.2, -0.15) is 0 Å². The molecule has 0 aromatic heterocycles. The molecular weight excluding hydrogens is 658 g/mol. The van der Waals surface area contributed by atoms with Crippen molar-refractivity contribution in [2.75, 3.05) is 9.80 Å². The molecule has 0 bridgehead atoms. The molecule has 16 heteroatoms. The predicted octanol–water partition coefficient (Wildman–Crippen LogP) is -10.9. The standard InChI is InChI=1S/C29H26N2O8P2.4Na/c32-18-30(24-7-11-28(12-8-24)40(34,35)36)26-5-3-20-1-2-21-4-6-27(17-23(21)15-22(20)16-26)31(19-33)25-9-13-29(14-10-25)41(37,38)39;;;;/h3-14,16-19H,1-2,15H2,(H2,34,35,36)(H2,37,38,39);;;;/q;4*+1/p-4. The summed E-state index contributed by atoms with van der Waals surface area (Å²) in [4.78, 5) is 72.0. The Balaban J connectivity index is 0.00000253. The Morgan fingerprint density at radius 2 is 0.800 bits per heavy atom. The first-order valence-corrected chi connectivity index (χ1v) is 15.5. The SMILES string of the molecule is O=CN(c1ccc(P(=O)([O-])[O-])cc1)c1ccc2c(c1)Cc1cc(N(C=O)c3ccc(P(=O)([O-])[O-])cc3)ccc1CC2.[Na+].[Na+].[Na+].[Na+]. The quantitative estimate of drug-likeness (QED) is 0.101. The van der Waals surface area contributed by atoms with E-state index in [4.69, 9.17) is 0 Å². The third-order valence-corrected chi connectivity index (χ3v) is 8.94. The van der Waals surface area contributed by atoms with Gasteiger partial charge in [0.15, 0.2) is 0 Å². The first-order chi connectivity index (χ1) is 19.5. The Labute approximate surface area is 349 Å². The van der Waals surface area contributed by atoms with Gasteiger partial charge in [-0.05, 0) is 116 Å². The molecule has 10 nitrogen and oxygen atoms in total. The minimum Gasteiger partial charge on any atom is -0.807 e. The summed E-state index contributed by atoms with van der Waals surface area (Å²) in [5.41, 5.74) is 6.02. The van der Waals surface area contributed by atoms with E-state index in [0.29, 0.717) is 42.0 Å². The minimum absolute atomic E-state index is 0. The average molecular weight is 680 g/mol. The van der Waals surface area contributed by atoms with Gasteiger partial charge in [0, 0.05) is 22.7 Å². The largest absolute Gasteiger partial charge is 1.00 e. The molecule has 0 aliphatic heterocycles. The summed E-state index contributed by atoms with van der Waals surface area (Å²) in [5, 5.41) is -0.727. The molecule has 1 aliphatic carbocycles. The van der Waals surface area contributed by atoms with Crippen molar-refractivity contribution in [1.82, 2.24) is 0 Å². The summed E-state index contributed by atoms with van der Waals surface area (Å²) >= 11 is 0. The van der Waals surface area contributed by atoms with Gasteiger partial charge in [0.1, 0.15) is 0 Å². The Kier molecular flexibility index (Phi) is 17.5. The van der Waals surface area contributed by atoms with Crippen LogP contribution < -0.4 is 158 Å². The maximum Gasteiger partial charge on any atom is 1.00 e. The summed E-state index contributed by atoms with van der Waals surface area (Å²) in [6, 6.07) is 21.5. The maximum absolute atomic E-state index is 12.0. The van der Waals surface area contributed by atoms with E-state index >= 15 is 0 Å². The number of rotatable bonds is 8. The van der Waals surface area contributed by atoms with E-state index in [1.807, 2.05) is 24.3 Å². The monoisotopic (exact) mass is 680 g/mol. The number of carbonyl (C=O) groups is 2. The van der Waals surface area contributed by atoms with Crippen LogP contribution in [-0.2, 0) is 38.0 Å². The molecule has 0 saturated heterocycles. The van der Waals surface area contributed by atoms with Crippen LogP contribution in [0, 0.1) is 0 Å². The minimum atomic E-state index is -4.91. The first-order valence-electron chi connectivity index (χ1n) is 12.5. The number of hydrogen-bond acceptors (Lipinski definition) is 8. The number of amides is 2. The molecule has 0 fully saturated rings. The van der Waals surface area contributed by atoms with Crippen LogP contribution in [-0.4, -0.2) is 12.8 Å². The van der Waals surface area contributed by atoms with Crippen LogP contribution in [0.2, 0.25) is 0 Å². The molecule has 210 valence electrons. The van der Waals surface area contributed by atoms with E-state index in [0.717, 1.165) is 35.1 Å². The van der Waals surface area contributed by atoms with Gasteiger partial charge < -0.3 is 28.7 Å². The average Bonchev–Trinajstić information content (AvgIpc) is 3.12. The second-order valence-corrected chi connectivity index (χ2v) is 12.6. The van der Waals surface area contributed by atoms with Gasteiger partial charge in [-0.15, -0.1) is 0 Å². The van der Waals surface area contributed by atoms with Crippen LogP contribution in [0.15, 0.2) is 84.9 Å². The summed E-state index contributed by atoms with van der Waals surface area (Å²) in [6.45, 7) is 0. The summed E-state index contributed by atoms with van der Waals surface area (Å²) in [6.07, 6.45) is 3.24. The molecule has 0 radical (unpaired) electrons. The third kappa shape index (κ3) is 10.3. The summed E-state index contributed by atoms with van der Waals surface area (Å²) < 4.78 is 22.6. The van der Waals surface area contributed by atoms with E-state index in [-0.39, 0.29) is 129 Å². The molecule has 2 amide bonds. The van der Waals surface area contributed by atoms with Crippen molar-refractivity contribution in [3.63, 3.8) is 0 Å². The zero-order valence-corrected chi connectivity index (χ0v) is 35.2. The van der Waals surface area contributed by atoms with E-state index < -0.39 is 15.2 Å². The van der Waals surface area contributed by atoms with Gasteiger partial charge in [0.05, 0.1) is 0 Å². The van der Waals surface area contributed by atoms with Crippen molar-refractivity contribution in [2.24, 2.45) is 0 Å². The number of fused-ring (bicyclic) bond motifs is 2. The van der Waals surface area contributed by atoms with E-state index in [1.54, 1.807) is 12.1 Å². The smallest absolute Gasteiger partial charge is 0.807 e. The maximum atomic E-state index is 12.0. The van der Waals surface area contributed by atoms with Crippen LogP contribution in [0.3, 0.4) is 0 Å². The molecule has 4 aromatic carbocycles. The molecule has 45 heavy (non-hydrogen) atoms. The molecule has 1 aliphatic rings. The van der Waals surface area contributed by atoms with Crippen LogP contribution in [0.25, 0.3) is 0 Å². The summed E-state index contributed by atoms with van der Waals surface area (Å²) in [5.74, 6) is 0. The van der Waals surface area contributed by atoms with Crippen molar-refractivity contribution in [3.8, 4) is 0 Å². The fourth-order valence-electron chi connectivity index (χ4n) is 4.95. The molecular formula is C29H22N2Na4O8P2. The molecule has 0 atom stereocenters. The summed E-state index contributed by atoms with van der Waals surface area (Å²) in [7, 11) is -9.82. The van der Waals surface area contributed by atoms with Crippen LogP contribution >= 0.6 is 15.2 Å². The number of carbonyl (C=O) groups excluding carboxylic acids is 2. The van der Waals surface area contributed by atoms with Crippen molar-refractivity contribution < 1.29 is 157 Å². The zero-order valence-electron chi connectivity index (χ0n) is 25.4. The second kappa shape index (κ2) is 18.2. The fourth-order valence-corrected chi connectivity index (χ4v) is 5.98. The van der Waals surface area contributed by atoms with Crippen LogP contribution in [0.1, 0.15) is 22.3 Å². The van der Waals surface area contributed by atoms with Crippen LogP contribution in [0.4, 0.5) is 22.7 Å². The number of benzene rings is 4. The molecule has 0 unspecified atom stereocenters. The van der Waals surface area contributed by atoms with Crippen molar-refractivity contribution in [2.45, 2.75) is 19.3 Å². The number of hydrogen-bond donors (Lipinski definition) is 0. The van der Waals surface area contributed by atoms with Gasteiger partial charge >= 0.3 is 118 Å². The topological polar surface area (TPSA) is 167 Å². The van der Waals surface area contributed by atoms with Crippen molar-refractivity contribution >= 4 is 61.4 Å². The predicted molar refractivity (Wildman–Crippen MR) is 147 cm³/mol. The van der Waals surface area contributed by atoms with Gasteiger partial charge in [0.2, 0.25) is 12.8 Å². The first kappa shape index (κ1) is 43.1. The van der Waals surface area contributed by atoms with Crippen LogP contribution in [0.5, 0.6) is 0 Å². The second-order valence-electron chi connectivity index (χ2n) is 9.56. The number of anilines is 4. The Hall–Kier alpha value is 0.120. The van der Waals surface area contributed by atoms with Gasteiger partial charge in [-0.3, -0.25) is 19.4 Å². The molecule has 5 rings (SSSR count). The molecule has 4 aromatic rings. The van der Waals surface area contributed by atoms with Crippen molar-refractivity contribution in [3.05, 3.63) is 107 Å². The molecule has 0 saturated carbocycles. The van der Waals surface area contributed by atoms with Crippen molar-refractivity contribution in [1.29, 1.82) is 0 Å². The van der Waals surface area contributed by atoms with Gasteiger partial charge in [-0.25, -0.2) is 0 Å². The van der Waals surface area contributed by atoms with Gasteiger partial charge in [0.25, 0.3) is 0 Å².